The summed E-state index contributed by atoms with van der Waals surface area (Å²) in [4.78, 5) is 38.3. The van der Waals surface area contributed by atoms with Gasteiger partial charge in [-0.3, -0.25) is 9.59 Å². The first-order valence-electron chi connectivity index (χ1n) is 9.64. The van der Waals surface area contributed by atoms with Gasteiger partial charge in [0.2, 0.25) is 0 Å². The van der Waals surface area contributed by atoms with Crippen LogP contribution in [-0.2, 0) is 9.59 Å². The number of carbonyl (C=O) groups is 3. The summed E-state index contributed by atoms with van der Waals surface area (Å²) in [7, 11) is 0. The lowest BCUT2D eigenvalue weighted by Crippen LogP contribution is -2.42. The summed E-state index contributed by atoms with van der Waals surface area (Å²) in [5.74, 6) is -1.71. The van der Waals surface area contributed by atoms with Crippen LogP contribution >= 0.6 is 0 Å². The van der Waals surface area contributed by atoms with Crippen LogP contribution in [0.5, 0.6) is 5.75 Å². The number of hydrogen-bond donors (Lipinski definition) is 0. The maximum atomic E-state index is 13.4. The Kier molecular flexibility index (Phi) is 5.37. The largest absolute Gasteiger partial charge is 0.546 e. The summed E-state index contributed by atoms with van der Waals surface area (Å²) in [5, 5.41) is 10.5. The predicted octanol–water partition coefficient (Wildman–Crippen LogP) is 2.85. The zero-order valence-electron chi connectivity index (χ0n) is 16.7. The Morgan fingerprint density at radius 1 is 0.903 bits per heavy atom. The molecule has 0 atom stereocenters. The van der Waals surface area contributed by atoms with Gasteiger partial charge in [-0.1, -0.05) is 48.5 Å². The number of ether oxygens (including phenoxy) is 1. The minimum Gasteiger partial charge on any atom is -0.546 e. The third-order valence-corrected chi connectivity index (χ3v) is 4.99. The van der Waals surface area contributed by atoms with Crippen LogP contribution in [0, 0.1) is 6.92 Å². The molecule has 2 amide bonds. The SMILES string of the molecule is Cc1ccccc1N1C(=O)/C(=C\c2ccc(OCC(=O)[O-])cc2)c2ccccc2C1=O. The molecule has 3 aromatic carbocycles. The number of rotatable bonds is 5. The number of carboxylic acids is 1. The van der Waals surface area contributed by atoms with E-state index in [1.807, 2.05) is 19.1 Å². The Morgan fingerprint density at radius 3 is 2.23 bits per heavy atom. The van der Waals surface area contributed by atoms with Crippen LogP contribution in [0.3, 0.4) is 0 Å². The molecule has 6 nitrogen and oxygen atoms in total. The molecule has 1 aliphatic heterocycles. The van der Waals surface area contributed by atoms with E-state index < -0.39 is 18.5 Å². The van der Waals surface area contributed by atoms with E-state index in [9.17, 15) is 19.5 Å². The molecule has 0 unspecified atom stereocenters. The van der Waals surface area contributed by atoms with Crippen molar-refractivity contribution in [2.75, 3.05) is 11.5 Å². The van der Waals surface area contributed by atoms with E-state index in [2.05, 4.69) is 0 Å². The number of carboxylic acid groups (broad SMARTS) is 1. The number of benzene rings is 3. The Morgan fingerprint density at radius 2 is 1.55 bits per heavy atom. The summed E-state index contributed by atoms with van der Waals surface area (Å²) in [6.45, 7) is 1.31. The molecule has 0 bridgehead atoms. The molecule has 4 rings (SSSR count). The Labute approximate surface area is 179 Å². The van der Waals surface area contributed by atoms with E-state index in [0.29, 0.717) is 33.7 Å². The van der Waals surface area contributed by atoms with Gasteiger partial charge in [-0.15, -0.1) is 0 Å². The van der Waals surface area contributed by atoms with E-state index >= 15 is 0 Å². The van der Waals surface area contributed by atoms with Gasteiger partial charge in [0.15, 0.2) is 0 Å². The van der Waals surface area contributed by atoms with Crippen LogP contribution < -0.4 is 14.7 Å². The predicted molar refractivity (Wildman–Crippen MR) is 114 cm³/mol. The van der Waals surface area contributed by atoms with Crippen molar-refractivity contribution in [3.63, 3.8) is 0 Å². The molecule has 6 heteroatoms. The van der Waals surface area contributed by atoms with E-state index in [1.165, 1.54) is 4.90 Å². The second-order valence-corrected chi connectivity index (χ2v) is 7.07. The summed E-state index contributed by atoms with van der Waals surface area (Å²) in [5.41, 5.74) is 3.48. The van der Waals surface area contributed by atoms with Crippen molar-refractivity contribution in [3.8, 4) is 5.75 Å². The van der Waals surface area contributed by atoms with Crippen molar-refractivity contribution < 1.29 is 24.2 Å². The second-order valence-electron chi connectivity index (χ2n) is 7.07. The molecule has 3 aromatic rings. The number of para-hydroxylation sites is 1. The number of carbonyl (C=O) groups excluding carboxylic acids is 3. The normalized spacial score (nSPS) is 14.5. The van der Waals surface area contributed by atoms with Crippen molar-refractivity contribution in [2.45, 2.75) is 6.92 Å². The van der Waals surface area contributed by atoms with Crippen molar-refractivity contribution in [3.05, 3.63) is 95.1 Å². The molecule has 0 radical (unpaired) electrons. The standard InChI is InChI=1S/C25H19NO5/c1-16-6-2-5-9-22(16)26-24(29)20-8-4-3-7-19(20)21(25(26)30)14-17-10-12-18(13-11-17)31-15-23(27)28/h2-14H,15H2,1H3,(H,27,28)/p-1/b21-14-. The minimum atomic E-state index is -1.31. The van der Waals surface area contributed by atoms with Gasteiger partial charge in [0.1, 0.15) is 12.4 Å². The molecular formula is C25H18NO5-. The van der Waals surface area contributed by atoms with Crippen LogP contribution in [0.25, 0.3) is 11.6 Å². The van der Waals surface area contributed by atoms with Crippen LogP contribution in [0.15, 0.2) is 72.8 Å². The number of anilines is 1. The van der Waals surface area contributed by atoms with Crippen molar-refractivity contribution in [2.24, 2.45) is 0 Å². The lowest BCUT2D eigenvalue weighted by atomic mass is 9.91. The average molecular weight is 412 g/mol. The smallest absolute Gasteiger partial charge is 0.265 e. The lowest BCUT2D eigenvalue weighted by Gasteiger charge is -2.29. The summed E-state index contributed by atoms with van der Waals surface area (Å²) in [6, 6.07) is 20.9. The fraction of sp³-hybridized carbons (Fsp3) is 0.0800. The number of amides is 2. The Balaban J connectivity index is 1.76. The molecule has 0 saturated heterocycles. The van der Waals surface area contributed by atoms with Crippen LogP contribution in [0.2, 0.25) is 0 Å². The van der Waals surface area contributed by atoms with E-state index in [4.69, 9.17) is 4.74 Å². The van der Waals surface area contributed by atoms with Gasteiger partial charge in [-0.2, -0.15) is 0 Å². The highest BCUT2D eigenvalue weighted by atomic mass is 16.5. The highest BCUT2D eigenvalue weighted by Crippen LogP contribution is 2.34. The topological polar surface area (TPSA) is 86.7 Å². The number of aryl methyl sites for hydroxylation is 1. The summed E-state index contributed by atoms with van der Waals surface area (Å²) in [6.07, 6.45) is 1.71. The van der Waals surface area contributed by atoms with E-state index in [1.54, 1.807) is 66.7 Å². The third-order valence-electron chi connectivity index (χ3n) is 4.99. The zero-order valence-corrected chi connectivity index (χ0v) is 16.7. The van der Waals surface area contributed by atoms with Crippen LogP contribution in [-0.4, -0.2) is 24.4 Å². The van der Waals surface area contributed by atoms with Gasteiger partial charge < -0.3 is 14.6 Å². The first-order valence-corrected chi connectivity index (χ1v) is 9.64. The first kappa shape index (κ1) is 20.1. The van der Waals surface area contributed by atoms with E-state index in [-0.39, 0.29) is 5.91 Å². The molecule has 1 heterocycles. The Bertz CT molecular complexity index is 1210. The van der Waals surface area contributed by atoms with Gasteiger partial charge >= 0.3 is 0 Å². The number of hydrogen-bond acceptors (Lipinski definition) is 5. The monoisotopic (exact) mass is 412 g/mol. The summed E-state index contributed by atoms with van der Waals surface area (Å²) >= 11 is 0. The number of fused-ring (bicyclic) bond motifs is 1. The van der Waals surface area contributed by atoms with Gasteiger partial charge in [0.05, 0.1) is 11.7 Å². The molecule has 0 N–H and O–H groups in total. The highest BCUT2D eigenvalue weighted by Gasteiger charge is 2.36. The molecule has 0 fully saturated rings. The molecule has 0 aromatic heterocycles. The highest BCUT2D eigenvalue weighted by molar-refractivity contribution is 6.43. The lowest BCUT2D eigenvalue weighted by molar-refractivity contribution is -0.307. The molecule has 0 saturated carbocycles. The van der Waals surface area contributed by atoms with Gasteiger partial charge in [0.25, 0.3) is 11.8 Å². The van der Waals surface area contributed by atoms with Crippen molar-refractivity contribution >= 4 is 35.1 Å². The van der Waals surface area contributed by atoms with Gasteiger partial charge in [-0.05, 0) is 54.0 Å². The molecule has 0 aliphatic carbocycles. The van der Waals surface area contributed by atoms with E-state index in [0.717, 1.165) is 5.56 Å². The fourth-order valence-electron chi connectivity index (χ4n) is 3.49. The first-order chi connectivity index (χ1) is 15.0. The number of imide groups is 1. The van der Waals surface area contributed by atoms with Crippen molar-refractivity contribution in [1.29, 1.82) is 0 Å². The maximum absolute atomic E-state index is 13.4. The summed E-state index contributed by atoms with van der Waals surface area (Å²) < 4.78 is 5.09. The van der Waals surface area contributed by atoms with Crippen LogP contribution in [0.1, 0.15) is 27.0 Å². The van der Waals surface area contributed by atoms with Gasteiger partial charge in [-0.25, -0.2) is 4.90 Å². The van der Waals surface area contributed by atoms with Crippen molar-refractivity contribution in [1.82, 2.24) is 0 Å². The molecule has 0 spiro atoms. The number of aliphatic carboxylic acids is 1. The second kappa shape index (κ2) is 8.28. The fourth-order valence-corrected chi connectivity index (χ4v) is 3.49. The number of nitrogens with zero attached hydrogens (tertiary/aromatic N) is 1. The Hall–Kier alpha value is -4.19. The molecule has 31 heavy (non-hydrogen) atoms. The molecule has 1 aliphatic rings. The third kappa shape index (κ3) is 3.96. The molecular weight excluding hydrogens is 394 g/mol. The maximum Gasteiger partial charge on any atom is 0.265 e. The minimum absolute atomic E-state index is 0.363. The average Bonchev–Trinajstić information content (AvgIpc) is 2.77. The zero-order chi connectivity index (χ0) is 22.0. The van der Waals surface area contributed by atoms with Crippen LogP contribution in [0.4, 0.5) is 5.69 Å². The van der Waals surface area contributed by atoms with Gasteiger partial charge in [0, 0.05) is 11.1 Å². The molecule has 154 valence electrons. The quantitative estimate of drug-likeness (QED) is 0.475.